The molecule has 0 amide bonds. The quantitative estimate of drug-likeness (QED) is 0.0594. The average molecular weight is 684 g/mol. The maximum Gasteiger partial charge on any atom is 0.305 e. The van der Waals surface area contributed by atoms with E-state index in [0.29, 0.717) is 31.5 Å². The van der Waals surface area contributed by atoms with Crippen LogP contribution >= 0.6 is 0 Å². The summed E-state index contributed by atoms with van der Waals surface area (Å²) < 4.78 is 13.5. The molecule has 4 aliphatic rings. The molecule has 4 bridgehead atoms. The van der Waals surface area contributed by atoms with Gasteiger partial charge >= 0.3 is 11.9 Å². The van der Waals surface area contributed by atoms with E-state index in [2.05, 4.69) is 27.6 Å². The van der Waals surface area contributed by atoms with Gasteiger partial charge in [0.15, 0.2) is 0 Å². The normalized spacial score (nSPS) is 22.6. The third-order valence-electron chi connectivity index (χ3n) is 11.9. The first-order valence-corrected chi connectivity index (χ1v) is 21.0. The van der Waals surface area contributed by atoms with Gasteiger partial charge in [-0.1, -0.05) is 84.0 Å². The maximum atomic E-state index is 12.5. The van der Waals surface area contributed by atoms with Gasteiger partial charge in [0.1, 0.15) is 0 Å². The molecule has 0 saturated heterocycles. The second-order valence-corrected chi connectivity index (χ2v) is 16.5. The number of imidazole rings is 1. The van der Waals surface area contributed by atoms with Crippen LogP contribution in [-0.2, 0) is 25.6 Å². The standard InChI is InChI=1S/C42H73N3O4/c1-2-3-4-5-6-13-18-28-48-40(46)20-14-9-7-11-16-23-44(25-19-26-45-27-22-43-36-45)24-17-12-8-10-15-21-41(47)49-35-42-32-37-29-38(33-42)31-39(30-37)34-42/h22,27,36-39H,2-21,23-26,28-35H2,1H3. The molecule has 0 aliphatic heterocycles. The minimum atomic E-state index is -0.0116. The van der Waals surface area contributed by atoms with Crippen molar-refractivity contribution < 1.29 is 19.1 Å². The summed E-state index contributed by atoms with van der Waals surface area (Å²) in [6.07, 6.45) is 36.5. The van der Waals surface area contributed by atoms with E-state index in [1.165, 1.54) is 116 Å². The van der Waals surface area contributed by atoms with Crippen molar-refractivity contribution in [3.8, 4) is 0 Å². The van der Waals surface area contributed by atoms with Crippen molar-refractivity contribution in [2.24, 2.45) is 23.2 Å². The highest BCUT2D eigenvalue weighted by molar-refractivity contribution is 5.69. The summed E-state index contributed by atoms with van der Waals surface area (Å²) in [6.45, 7) is 7.99. The monoisotopic (exact) mass is 684 g/mol. The highest BCUT2D eigenvalue weighted by Crippen LogP contribution is 2.60. The molecular weight excluding hydrogens is 610 g/mol. The predicted octanol–water partition coefficient (Wildman–Crippen LogP) is 10.3. The van der Waals surface area contributed by atoms with Crippen LogP contribution in [0.2, 0.25) is 0 Å². The number of carbonyl (C=O) groups is 2. The Morgan fingerprint density at radius 1 is 0.673 bits per heavy atom. The highest BCUT2D eigenvalue weighted by Gasteiger charge is 2.51. The first-order chi connectivity index (χ1) is 24.0. The summed E-state index contributed by atoms with van der Waals surface area (Å²) in [5, 5.41) is 0. The van der Waals surface area contributed by atoms with E-state index in [4.69, 9.17) is 9.47 Å². The van der Waals surface area contributed by atoms with Gasteiger partial charge in [0.2, 0.25) is 0 Å². The number of nitrogens with zero attached hydrogens (tertiary/aromatic N) is 3. The SMILES string of the molecule is CCCCCCCCCOC(=O)CCCCCCCN(CCCCCCCC(=O)OCC12CC3CC(CC(C3)C1)C2)CCCn1ccnc1. The van der Waals surface area contributed by atoms with Gasteiger partial charge in [-0.15, -0.1) is 0 Å². The second kappa shape index (κ2) is 23.6. The number of aryl methyl sites for hydroxylation is 1. The molecule has 0 unspecified atom stereocenters. The van der Waals surface area contributed by atoms with Crippen molar-refractivity contribution in [1.29, 1.82) is 0 Å². The maximum absolute atomic E-state index is 12.5. The lowest BCUT2D eigenvalue weighted by Crippen LogP contribution is -2.48. The molecule has 4 saturated carbocycles. The Kier molecular flexibility index (Phi) is 19.2. The molecule has 1 heterocycles. The zero-order valence-corrected chi connectivity index (χ0v) is 31.6. The molecule has 4 fully saturated rings. The summed E-state index contributed by atoms with van der Waals surface area (Å²) >= 11 is 0. The number of carbonyl (C=O) groups excluding carboxylic acids is 2. The van der Waals surface area contributed by atoms with Crippen LogP contribution in [0.1, 0.15) is 174 Å². The molecule has 0 aromatic carbocycles. The summed E-state index contributed by atoms with van der Waals surface area (Å²) in [5.74, 6) is 2.77. The molecule has 0 N–H and O–H groups in total. The van der Waals surface area contributed by atoms with Gasteiger partial charge in [0, 0.05) is 37.2 Å². The Balaban J connectivity index is 0.980. The third kappa shape index (κ3) is 16.3. The van der Waals surface area contributed by atoms with Crippen molar-refractivity contribution in [1.82, 2.24) is 14.5 Å². The zero-order valence-electron chi connectivity index (χ0n) is 31.6. The second-order valence-electron chi connectivity index (χ2n) is 16.5. The van der Waals surface area contributed by atoms with Crippen molar-refractivity contribution >= 4 is 11.9 Å². The summed E-state index contributed by atoms with van der Waals surface area (Å²) in [7, 11) is 0. The molecule has 0 spiro atoms. The molecule has 4 aliphatic carbocycles. The topological polar surface area (TPSA) is 73.7 Å². The smallest absolute Gasteiger partial charge is 0.305 e. The van der Waals surface area contributed by atoms with Crippen LogP contribution in [0.15, 0.2) is 18.7 Å². The Hall–Kier alpha value is -1.89. The van der Waals surface area contributed by atoms with Gasteiger partial charge in [-0.3, -0.25) is 9.59 Å². The van der Waals surface area contributed by atoms with Crippen molar-refractivity contribution in [3.05, 3.63) is 18.7 Å². The number of hydrogen-bond acceptors (Lipinski definition) is 6. The van der Waals surface area contributed by atoms with Crippen LogP contribution in [0.3, 0.4) is 0 Å². The van der Waals surface area contributed by atoms with Gasteiger partial charge < -0.3 is 18.9 Å². The molecule has 5 rings (SSSR count). The molecule has 0 radical (unpaired) electrons. The van der Waals surface area contributed by atoms with Gasteiger partial charge in [0.25, 0.3) is 0 Å². The van der Waals surface area contributed by atoms with Crippen molar-refractivity contribution in [2.75, 3.05) is 32.8 Å². The molecule has 1 aromatic heterocycles. The average Bonchev–Trinajstić information content (AvgIpc) is 3.60. The third-order valence-corrected chi connectivity index (χ3v) is 11.9. The lowest BCUT2D eigenvalue weighted by Gasteiger charge is -2.56. The molecule has 49 heavy (non-hydrogen) atoms. The van der Waals surface area contributed by atoms with E-state index in [1.54, 1.807) is 0 Å². The number of aromatic nitrogens is 2. The zero-order chi connectivity index (χ0) is 34.4. The van der Waals surface area contributed by atoms with Gasteiger partial charge in [0.05, 0.1) is 19.5 Å². The van der Waals surface area contributed by atoms with Crippen LogP contribution in [0, 0.1) is 23.2 Å². The minimum absolute atomic E-state index is 0.0116. The highest BCUT2D eigenvalue weighted by atomic mass is 16.5. The lowest BCUT2D eigenvalue weighted by atomic mass is 9.50. The van der Waals surface area contributed by atoms with Crippen LogP contribution in [0.5, 0.6) is 0 Å². The lowest BCUT2D eigenvalue weighted by molar-refractivity contribution is -0.155. The van der Waals surface area contributed by atoms with E-state index in [-0.39, 0.29) is 11.9 Å². The Labute approximate surface area is 300 Å². The van der Waals surface area contributed by atoms with E-state index in [1.807, 2.05) is 12.5 Å². The van der Waals surface area contributed by atoms with Crippen molar-refractivity contribution in [2.45, 2.75) is 180 Å². The Morgan fingerprint density at radius 2 is 1.18 bits per heavy atom. The fourth-order valence-corrected chi connectivity index (χ4v) is 9.59. The fourth-order valence-electron chi connectivity index (χ4n) is 9.59. The minimum Gasteiger partial charge on any atom is -0.466 e. The van der Waals surface area contributed by atoms with E-state index < -0.39 is 0 Å². The molecule has 0 atom stereocenters. The van der Waals surface area contributed by atoms with Gasteiger partial charge in [-0.2, -0.15) is 0 Å². The van der Waals surface area contributed by atoms with Crippen LogP contribution < -0.4 is 0 Å². The Morgan fingerprint density at radius 3 is 1.76 bits per heavy atom. The number of rotatable bonds is 30. The van der Waals surface area contributed by atoms with Crippen LogP contribution in [-0.4, -0.2) is 59.2 Å². The van der Waals surface area contributed by atoms with Gasteiger partial charge in [-0.25, -0.2) is 4.98 Å². The Bertz CT molecular complexity index is 976. The number of unbranched alkanes of at least 4 members (excludes halogenated alkanes) is 14. The number of esters is 2. The predicted molar refractivity (Wildman–Crippen MR) is 199 cm³/mol. The first-order valence-electron chi connectivity index (χ1n) is 21.0. The van der Waals surface area contributed by atoms with Crippen LogP contribution in [0.4, 0.5) is 0 Å². The van der Waals surface area contributed by atoms with E-state index in [9.17, 15) is 9.59 Å². The largest absolute Gasteiger partial charge is 0.466 e. The fraction of sp³-hybridized carbons (Fsp3) is 0.881. The van der Waals surface area contributed by atoms with Crippen LogP contribution in [0.25, 0.3) is 0 Å². The van der Waals surface area contributed by atoms with E-state index >= 15 is 0 Å². The summed E-state index contributed by atoms with van der Waals surface area (Å²) in [5.41, 5.74) is 0.330. The molecule has 7 heteroatoms. The van der Waals surface area contributed by atoms with Crippen molar-refractivity contribution in [3.63, 3.8) is 0 Å². The number of ether oxygens (including phenoxy) is 2. The molecule has 280 valence electrons. The summed E-state index contributed by atoms with van der Waals surface area (Å²) in [6, 6.07) is 0. The molecule has 1 aromatic rings. The first kappa shape index (κ1) is 39.9. The van der Waals surface area contributed by atoms with E-state index in [0.717, 1.165) is 82.5 Å². The molecule has 7 nitrogen and oxygen atoms in total. The van der Waals surface area contributed by atoms with Gasteiger partial charge in [-0.05, 0) is 114 Å². The number of hydrogen-bond donors (Lipinski definition) is 0. The molecular formula is C42H73N3O4. The summed E-state index contributed by atoms with van der Waals surface area (Å²) in [4.78, 5) is 31.4.